The molecule has 1 aliphatic rings. The maximum Gasteiger partial charge on any atom is 0.0587 e. The second-order valence-corrected chi connectivity index (χ2v) is 3.42. The van der Waals surface area contributed by atoms with Crippen LogP contribution in [0.3, 0.4) is 0 Å². The van der Waals surface area contributed by atoms with Gasteiger partial charge in [-0.2, -0.15) is 0 Å². The predicted molar refractivity (Wildman–Crippen MR) is 60.3 cm³/mol. The van der Waals surface area contributed by atoms with Crippen molar-refractivity contribution in [3.63, 3.8) is 0 Å². The van der Waals surface area contributed by atoms with E-state index in [0.717, 1.165) is 19.6 Å². The van der Waals surface area contributed by atoms with Gasteiger partial charge >= 0.3 is 0 Å². The van der Waals surface area contributed by atoms with Crippen LogP contribution in [0, 0.1) is 5.92 Å². The second-order valence-electron chi connectivity index (χ2n) is 3.42. The van der Waals surface area contributed by atoms with Gasteiger partial charge < -0.3 is 10.1 Å². The van der Waals surface area contributed by atoms with Crippen LogP contribution in [0.2, 0.25) is 0 Å². The third-order valence-electron chi connectivity index (χ3n) is 2.42. The Morgan fingerprint density at radius 2 is 2.50 bits per heavy atom. The summed E-state index contributed by atoms with van der Waals surface area (Å²) >= 11 is 0. The molecule has 0 saturated heterocycles. The Kier molecular flexibility index (Phi) is 5.27. The molecule has 78 valence electrons. The molecule has 0 aromatic rings. The summed E-state index contributed by atoms with van der Waals surface area (Å²) < 4.78 is 5.00. The lowest BCUT2D eigenvalue weighted by Gasteiger charge is -2.23. The molecule has 0 heterocycles. The molecule has 0 bridgehead atoms. The monoisotopic (exact) mass is 193 g/mol. The Balaban J connectivity index is 2.33. The van der Waals surface area contributed by atoms with E-state index in [0.29, 0.717) is 12.0 Å². The summed E-state index contributed by atoms with van der Waals surface area (Å²) in [6.07, 6.45) is 11.7. The van der Waals surface area contributed by atoms with E-state index in [-0.39, 0.29) is 0 Å². The first-order valence-corrected chi connectivity index (χ1v) is 5.06. The number of nitrogens with one attached hydrogen (secondary N) is 1. The van der Waals surface area contributed by atoms with Gasteiger partial charge in [0.2, 0.25) is 0 Å². The largest absolute Gasteiger partial charge is 0.383 e. The molecule has 2 heteroatoms. The number of ether oxygens (including phenoxy) is 1. The molecule has 0 spiro atoms. The van der Waals surface area contributed by atoms with Crippen molar-refractivity contribution in [3.8, 4) is 0 Å². The van der Waals surface area contributed by atoms with Crippen LogP contribution < -0.4 is 5.32 Å². The zero-order valence-electron chi connectivity index (χ0n) is 8.78. The fraction of sp³-hybridized carbons (Fsp3) is 0.500. The Morgan fingerprint density at radius 1 is 1.64 bits per heavy atom. The summed E-state index contributed by atoms with van der Waals surface area (Å²) in [7, 11) is 1.72. The van der Waals surface area contributed by atoms with Gasteiger partial charge in [0, 0.05) is 19.7 Å². The van der Waals surface area contributed by atoms with Crippen LogP contribution in [0.25, 0.3) is 0 Å². The van der Waals surface area contributed by atoms with E-state index >= 15 is 0 Å². The van der Waals surface area contributed by atoms with Gasteiger partial charge in [-0.1, -0.05) is 30.4 Å². The van der Waals surface area contributed by atoms with Crippen molar-refractivity contribution < 1.29 is 4.74 Å². The topological polar surface area (TPSA) is 21.3 Å². The fourth-order valence-electron chi connectivity index (χ4n) is 1.60. The Labute approximate surface area is 86.3 Å². The summed E-state index contributed by atoms with van der Waals surface area (Å²) in [6, 6.07) is 0.353. The molecule has 0 aromatic carbocycles. The van der Waals surface area contributed by atoms with Gasteiger partial charge in [-0.15, -0.1) is 6.58 Å². The molecule has 1 aliphatic carbocycles. The van der Waals surface area contributed by atoms with Crippen LogP contribution in [-0.4, -0.2) is 26.3 Å². The molecule has 0 aliphatic heterocycles. The minimum atomic E-state index is 0.353. The molecular formula is C12H19NO. The zero-order valence-corrected chi connectivity index (χ0v) is 8.78. The van der Waals surface area contributed by atoms with E-state index in [1.54, 1.807) is 7.11 Å². The summed E-state index contributed by atoms with van der Waals surface area (Å²) in [5, 5.41) is 3.41. The van der Waals surface area contributed by atoms with Crippen LogP contribution in [0.1, 0.15) is 6.42 Å². The van der Waals surface area contributed by atoms with E-state index in [9.17, 15) is 0 Å². The third-order valence-corrected chi connectivity index (χ3v) is 2.42. The smallest absolute Gasteiger partial charge is 0.0587 e. The SMILES string of the molecule is C=C[C@H](NCCOC)C1C=CC=CC1. The minimum absolute atomic E-state index is 0.353. The molecule has 2 nitrogen and oxygen atoms in total. The maximum atomic E-state index is 5.00. The van der Waals surface area contributed by atoms with Crippen LogP contribution in [-0.2, 0) is 4.74 Å². The molecule has 0 radical (unpaired) electrons. The number of hydrogen-bond acceptors (Lipinski definition) is 2. The van der Waals surface area contributed by atoms with E-state index in [1.807, 2.05) is 6.08 Å². The van der Waals surface area contributed by atoms with Crippen molar-refractivity contribution in [2.24, 2.45) is 5.92 Å². The van der Waals surface area contributed by atoms with Crippen LogP contribution in [0.5, 0.6) is 0 Å². The highest BCUT2D eigenvalue weighted by Crippen LogP contribution is 2.16. The van der Waals surface area contributed by atoms with Crippen LogP contribution >= 0.6 is 0 Å². The Morgan fingerprint density at radius 3 is 3.07 bits per heavy atom. The second kappa shape index (κ2) is 6.57. The van der Waals surface area contributed by atoms with Gasteiger partial charge in [-0.05, 0) is 12.3 Å². The fourth-order valence-corrected chi connectivity index (χ4v) is 1.60. The average molecular weight is 193 g/mol. The summed E-state index contributed by atoms with van der Waals surface area (Å²) in [4.78, 5) is 0. The molecule has 0 aromatic heterocycles. The van der Waals surface area contributed by atoms with Crippen molar-refractivity contribution in [2.75, 3.05) is 20.3 Å². The first kappa shape index (κ1) is 11.2. The van der Waals surface area contributed by atoms with Crippen molar-refractivity contribution in [2.45, 2.75) is 12.5 Å². The summed E-state index contributed by atoms with van der Waals surface area (Å²) in [5.74, 6) is 0.536. The van der Waals surface area contributed by atoms with Crippen molar-refractivity contribution in [1.82, 2.24) is 5.32 Å². The predicted octanol–water partition coefficient (Wildman–Crippen LogP) is 1.91. The molecule has 0 amide bonds. The van der Waals surface area contributed by atoms with Gasteiger partial charge in [-0.25, -0.2) is 0 Å². The first-order valence-electron chi connectivity index (χ1n) is 5.06. The Hall–Kier alpha value is -0.860. The van der Waals surface area contributed by atoms with E-state index in [2.05, 4.69) is 36.2 Å². The lowest BCUT2D eigenvalue weighted by molar-refractivity contribution is 0.195. The lowest BCUT2D eigenvalue weighted by atomic mass is 9.93. The Bertz CT molecular complexity index is 220. The molecular weight excluding hydrogens is 174 g/mol. The van der Waals surface area contributed by atoms with Gasteiger partial charge in [0.25, 0.3) is 0 Å². The first-order chi connectivity index (χ1) is 6.88. The van der Waals surface area contributed by atoms with Gasteiger partial charge in [-0.3, -0.25) is 0 Å². The molecule has 2 atom stereocenters. The van der Waals surface area contributed by atoms with E-state index in [1.165, 1.54) is 0 Å². The van der Waals surface area contributed by atoms with Crippen molar-refractivity contribution in [3.05, 3.63) is 37.0 Å². The quantitative estimate of drug-likeness (QED) is 0.514. The number of hydrogen-bond donors (Lipinski definition) is 1. The average Bonchev–Trinajstić information content (AvgIpc) is 2.26. The van der Waals surface area contributed by atoms with E-state index < -0.39 is 0 Å². The molecule has 1 unspecified atom stereocenters. The normalized spacial score (nSPS) is 22.2. The summed E-state index contributed by atoms with van der Waals surface area (Å²) in [6.45, 7) is 5.48. The van der Waals surface area contributed by atoms with Gasteiger partial charge in [0.05, 0.1) is 6.61 Å². The van der Waals surface area contributed by atoms with E-state index in [4.69, 9.17) is 4.74 Å². The lowest BCUT2D eigenvalue weighted by Crippen LogP contribution is -2.35. The van der Waals surface area contributed by atoms with Gasteiger partial charge in [0.1, 0.15) is 0 Å². The number of allylic oxidation sites excluding steroid dienone is 3. The minimum Gasteiger partial charge on any atom is -0.383 e. The molecule has 1 rings (SSSR count). The standard InChI is InChI=1S/C12H19NO/c1-3-12(13-9-10-14-2)11-7-5-4-6-8-11/h3-7,11-13H,1,8-10H2,2H3/t11?,12-/m0/s1. The highest BCUT2D eigenvalue weighted by atomic mass is 16.5. The molecule has 1 N–H and O–H groups in total. The van der Waals surface area contributed by atoms with Crippen LogP contribution in [0.4, 0.5) is 0 Å². The van der Waals surface area contributed by atoms with Crippen molar-refractivity contribution >= 4 is 0 Å². The zero-order chi connectivity index (χ0) is 10.2. The highest BCUT2D eigenvalue weighted by Gasteiger charge is 2.14. The van der Waals surface area contributed by atoms with Gasteiger partial charge in [0.15, 0.2) is 0 Å². The third kappa shape index (κ3) is 3.48. The number of methoxy groups -OCH3 is 1. The summed E-state index contributed by atoms with van der Waals surface area (Å²) in [5.41, 5.74) is 0. The molecule has 0 fully saturated rings. The highest BCUT2D eigenvalue weighted by molar-refractivity contribution is 5.14. The molecule has 14 heavy (non-hydrogen) atoms. The molecule has 0 saturated carbocycles. The van der Waals surface area contributed by atoms with Crippen molar-refractivity contribution in [1.29, 1.82) is 0 Å². The maximum absolute atomic E-state index is 5.00. The van der Waals surface area contributed by atoms with Crippen LogP contribution in [0.15, 0.2) is 37.0 Å². The number of rotatable bonds is 6.